The van der Waals surface area contributed by atoms with Gasteiger partial charge in [0.05, 0.1) is 11.6 Å². The van der Waals surface area contributed by atoms with Crippen LogP contribution in [-0.4, -0.2) is 32.7 Å². The molecule has 9 nitrogen and oxygen atoms in total. The fourth-order valence-corrected chi connectivity index (χ4v) is 4.81. The van der Waals surface area contributed by atoms with E-state index in [1.165, 1.54) is 6.07 Å². The van der Waals surface area contributed by atoms with Crippen molar-refractivity contribution in [3.63, 3.8) is 0 Å². The molecule has 10 heteroatoms. The number of hydrogen-bond acceptors (Lipinski definition) is 7. The lowest BCUT2D eigenvalue weighted by molar-refractivity contribution is 0.0699. The molecule has 38 heavy (non-hydrogen) atoms. The molecule has 2 heterocycles. The van der Waals surface area contributed by atoms with E-state index >= 15 is 0 Å². The van der Waals surface area contributed by atoms with Crippen LogP contribution in [0.3, 0.4) is 0 Å². The second kappa shape index (κ2) is 9.50. The summed E-state index contributed by atoms with van der Waals surface area (Å²) in [5, 5.41) is 14.0. The molecule has 2 N–H and O–H groups in total. The molecular weight excluding hydrogens is 508 g/mol. The summed E-state index contributed by atoms with van der Waals surface area (Å²) in [6.45, 7) is 2.84. The molecule has 1 atom stereocenters. The zero-order valence-corrected chi connectivity index (χ0v) is 21.1. The van der Waals surface area contributed by atoms with Gasteiger partial charge < -0.3 is 14.4 Å². The van der Waals surface area contributed by atoms with E-state index in [0.29, 0.717) is 39.4 Å². The van der Waals surface area contributed by atoms with E-state index in [4.69, 9.17) is 20.5 Å². The molecule has 3 aromatic carbocycles. The SMILES string of the molecule is C[C@H](c1ccc(-c2cc(Cl)ccc2-c2noc(=O)[nH]2)cc1)N(CC1CC1)c1nc2c(C(=O)O)cccc2o1. The third-order valence-corrected chi connectivity index (χ3v) is 7.12. The number of hydrogen-bond donors (Lipinski definition) is 2. The van der Waals surface area contributed by atoms with E-state index in [-0.39, 0.29) is 11.6 Å². The van der Waals surface area contributed by atoms with Gasteiger partial charge >= 0.3 is 11.7 Å². The van der Waals surface area contributed by atoms with Crippen molar-refractivity contribution in [3.8, 4) is 22.5 Å². The van der Waals surface area contributed by atoms with Crippen molar-refractivity contribution in [2.45, 2.75) is 25.8 Å². The van der Waals surface area contributed by atoms with E-state index in [2.05, 4.69) is 26.9 Å². The van der Waals surface area contributed by atoms with Crippen molar-refractivity contribution in [1.82, 2.24) is 15.1 Å². The monoisotopic (exact) mass is 530 g/mol. The first-order chi connectivity index (χ1) is 18.4. The van der Waals surface area contributed by atoms with Gasteiger partial charge in [0.2, 0.25) is 0 Å². The molecule has 0 spiro atoms. The molecule has 0 amide bonds. The predicted molar refractivity (Wildman–Crippen MR) is 142 cm³/mol. The maximum Gasteiger partial charge on any atom is 0.439 e. The molecular formula is C28H23ClN4O5. The third-order valence-electron chi connectivity index (χ3n) is 6.88. The number of carbonyl (C=O) groups is 1. The van der Waals surface area contributed by atoms with Crippen LogP contribution in [0.4, 0.5) is 6.01 Å². The maximum absolute atomic E-state index is 11.7. The molecule has 1 aliphatic rings. The first-order valence-corrected chi connectivity index (χ1v) is 12.6. The van der Waals surface area contributed by atoms with Gasteiger partial charge in [0.1, 0.15) is 5.52 Å². The number of aromatic carboxylic acids is 1. The van der Waals surface area contributed by atoms with Gasteiger partial charge in [0.25, 0.3) is 6.01 Å². The number of carboxylic acid groups (broad SMARTS) is 1. The normalized spacial score (nSPS) is 14.1. The van der Waals surface area contributed by atoms with Crippen LogP contribution < -0.4 is 10.7 Å². The first-order valence-electron chi connectivity index (χ1n) is 12.2. The summed E-state index contributed by atoms with van der Waals surface area (Å²) in [5.74, 6) is -0.797. The average Bonchev–Trinajstić information content (AvgIpc) is 3.47. The summed E-state index contributed by atoms with van der Waals surface area (Å²) < 4.78 is 10.7. The van der Waals surface area contributed by atoms with Crippen molar-refractivity contribution < 1.29 is 18.8 Å². The fraction of sp³-hybridized carbons (Fsp3) is 0.214. The number of carboxylic acids is 1. The number of para-hydroxylation sites is 1. The number of fused-ring (bicyclic) bond motifs is 1. The van der Waals surface area contributed by atoms with Crippen LogP contribution in [0, 0.1) is 5.92 Å². The Morgan fingerprint density at radius 2 is 1.95 bits per heavy atom. The maximum atomic E-state index is 11.7. The summed E-state index contributed by atoms with van der Waals surface area (Å²) in [5.41, 5.74) is 4.33. The minimum absolute atomic E-state index is 0.0864. The number of benzene rings is 3. The summed E-state index contributed by atoms with van der Waals surface area (Å²) in [7, 11) is 0. The minimum Gasteiger partial charge on any atom is -0.478 e. The Morgan fingerprint density at radius 1 is 1.16 bits per heavy atom. The number of nitrogens with zero attached hydrogens (tertiary/aromatic N) is 3. The van der Waals surface area contributed by atoms with Gasteiger partial charge in [-0.25, -0.2) is 9.59 Å². The van der Waals surface area contributed by atoms with Crippen molar-refractivity contribution in [3.05, 3.63) is 87.4 Å². The summed E-state index contributed by atoms with van der Waals surface area (Å²) in [6.07, 6.45) is 2.29. The molecule has 6 rings (SSSR count). The lowest BCUT2D eigenvalue weighted by atomic mass is 9.96. The van der Waals surface area contributed by atoms with Crippen molar-refractivity contribution in [1.29, 1.82) is 0 Å². The lowest BCUT2D eigenvalue weighted by Crippen LogP contribution is -2.29. The van der Waals surface area contributed by atoms with Crippen LogP contribution in [-0.2, 0) is 0 Å². The number of nitrogens with one attached hydrogen (secondary N) is 1. The van der Waals surface area contributed by atoms with Crippen LogP contribution in [0.2, 0.25) is 5.02 Å². The molecule has 5 aromatic rings. The number of aromatic nitrogens is 3. The number of oxazole rings is 1. The van der Waals surface area contributed by atoms with E-state index in [0.717, 1.165) is 36.1 Å². The fourth-order valence-electron chi connectivity index (χ4n) is 4.64. The highest BCUT2D eigenvalue weighted by Crippen LogP contribution is 2.38. The van der Waals surface area contributed by atoms with Crippen LogP contribution in [0.25, 0.3) is 33.6 Å². The molecule has 0 aliphatic heterocycles. The van der Waals surface area contributed by atoms with Gasteiger partial charge in [-0.1, -0.05) is 47.1 Å². The van der Waals surface area contributed by atoms with E-state index in [1.807, 2.05) is 30.3 Å². The van der Waals surface area contributed by atoms with Gasteiger partial charge in [-0.05, 0) is 72.7 Å². The van der Waals surface area contributed by atoms with Gasteiger partial charge in [-0.3, -0.25) is 9.51 Å². The Labute approximate surface area is 221 Å². The summed E-state index contributed by atoms with van der Waals surface area (Å²) >= 11 is 6.29. The van der Waals surface area contributed by atoms with Gasteiger partial charge in [0, 0.05) is 17.1 Å². The smallest absolute Gasteiger partial charge is 0.439 e. The number of rotatable bonds is 8. The Bertz CT molecular complexity index is 1700. The topological polar surface area (TPSA) is 125 Å². The molecule has 0 saturated heterocycles. The number of H-pyrrole nitrogens is 1. The molecule has 1 fully saturated rings. The molecule has 0 bridgehead atoms. The molecule has 0 radical (unpaired) electrons. The Balaban J connectivity index is 1.34. The van der Waals surface area contributed by atoms with E-state index in [1.54, 1.807) is 24.3 Å². The Morgan fingerprint density at radius 3 is 2.63 bits per heavy atom. The largest absolute Gasteiger partial charge is 0.478 e. The quantitative estimate of drug-likeness (QED) is 0.244. The second-order valence-corrected chi connectivity index (χ2v) is 9.92. The van der Waals surface area contributed by atoms with Crippen LogP contribution in [0.1, 0.15) is 41.7 Å². The second-order valence-electron chi connectivity index (χ2n) is 9.48. The van der Waals surface area contributed by atoms with Crippen molar-refractivity contribution in [2.75, 3.05) is 11.4 Å². The van der Waals surface area contributed by atoms with Crippen molar-refractivity contribution in [2.24, 2.45) is 5.92 Å². The van der Waals surface area contributed by atoms with Crippen LogP contribution >= 0.6 is 11.6 Å². The first kappa shape index (κ1) is 24.0. The molecule has 192 valence electrons. The zero-order chi connectivity index (χ0) is 26.4. The van der Waals surface area contributed by atoms with Gasteiger partial charge in [-0.2, -0.15) is 4.98 Å². The number of anilines is 1. The highest BCUT2D eigenvalue weighted by Gasteiger charge is 2.30. The minimum atomic E-state index is -1.04. The molecule has 0 unspecified atom stereocenters. The van der Waals surface area contributed by atoms with Crippen molar-refractivity contribution >= 4 is 34.7 Å². The Hall–Kier alpha value is -4.37. The average molecular weight is 531 g/mol. The molecule has 2 aromatic heterocycles. The summed E-state index contributed by atoms with van der Waals surface area (Å²) in [6, 6.07) is 18.6. The predicted octanol–water partition coefficient (Wildman–Crippen LogP) is 6.17. The van der Waals surface area contributed by atoms with Gasteiger partial charge in [0.15, 0.2) is 11.4 Å². The Kier molecular flexibility index (Phi) is 6.00. The number of aromatic amines is 1. The summed E-state index contributed by atoms with van der Waals surface area (Å²) in [4.78, 5) is 32.5. The lowest BCUT2D eigenvalue weighted by Gasteiger charge is -2.28. The van der Waals surface area contributed by atoms with Crippen LogP contribution in [0.5, 0.6) is 0 Å². The van der Waals surface area contributed by atoms with E-state index in [9.17, 15) is 14.7 Å². The highest BCUT2D eigenvalue weighted by atomic mass is 35.5. The van der Waals surface area contributed by atoms with Gasteiger partial charge in [-0.15, -0.1) is 0 Å². The van der Waals surface area contributed by atoms with Crippen LogP contribution in [0.15, 0.2) is 74.4 Å². The zero-order valence-electron chi connectivity index (χ0n) is 20.3. The third kappa shape index (κ3) is 4.56. The standard InChI is InChI=1S/C28H23ClN4O5/c1-15(33(14-16-5-6-16)27-30-24-21(26(34)35)3-2-4-23(24)37-27)17-7-9-18(10-8-17)22-13-19(29)11-12-20(22)25-31-28(36)38-32-25/h2-4,7-13,15-16H,5-6,14H2,1H3,(H,34,35)(H,31,32,36)/t15-/m1/s1. The molecule has 1 saturated carbocycles. The molecule has 1 aliphatic carbocycles. The van der Waals surface area contributed by atoms with E-state index < -0.39 is 11.7 Å². The highest BCUT2D eigenvalue weighted by molar-refractivity contribution is 6.31. The number of halogens is 1.